The summed E-state index contributed by atoms with van der Waals surface area (Å²) in [6.45, 7) is 2.46. The number of amides is 1. The maximum absolute atomic E-state index is 12.1. The van der Waals surface area contributed by atoms with Crippen LogP contribution in [0.4, 0.5) is 0 Å². The molecule has 0 saturated carbocycles. The molecule has 1 saturated heterocycles. The molecule has 1 aromatic heterocycles. The van der Waals surface area contributed by atoms with E-state index in [2.05, 4.69) is 10.3 Å². The Hall–Kier alpha value is -1.96. The Kier molecular flexibility index (Phi) is 3.79. The van der Waals surface area contributed by atoms with Crippen molar-refractivity contribution in [3.63, 3.8) is 0 Å². The van der Waals surface area contributed by atoms with Gasteiger partial charge in [-0.15, -0.1) is 5.10 Å². The molecule has 2 rings (SSSR count). The number of likely N-dealkylation sites (tertiary alicyclic amines) is 1. The number of hydrogen-bond donors (Lipinski definition) is 2. The lowest BCUT2D eigenvalue weighted by Crippen LogP contribution is -2.41. The molecule has 1 aromatic rings. The van der Waals surface area contributed by atoms with Crippen LogP contribution in [0.5, 0.6) is 0 Å². The van der Waals surface area contributed by atoms with Crippen molar-refractivity contribution in [2.75, 3.05) is 13.2 Å². The van der Waals surface area contributed by atoms with Gasteiger partial charge in [-0.3, -0.25) is 4.79 Å². The van der Waals surface area contributed by atoms with Crippen molar-refractivity contribution in [3.8, 4) is 0 Å². The molecule has 8 nitrogen and oxygen atoms in total. The second kappa shape index (κ2) is 5.35. The zero-order valence-electron chi connectivity index (χ0n) is 10.6. The number of aliphatic hydroxyl groups excluding tert-OH is 1. The predicted octanol–water partition coefficient (Wildman–Crippen LogP) is -0.794. The van der Waals surface area contributed by atoms with E-state index in [1.165, 1.54) is 10.9 Å². The van der Waals surface area contributed by atoms with E-state index in [-0.39, 0.29) is 36.7 Å². The molecule has 2 atom stereocenters. The molecule has 1 amide bonds. The van der Waals surface area contributed by atoms with Crippen LogP contribution in [0, 0.1) is 5.92 Å². The molecule has 1 fully saturated rings. The highest BCUT2D eigenvalue weighted by atomic mass is 16.4. The minimum Gasteiger partial charge on any atom is -0.476 e. The lowest BCUT2D eigenvalue weighted by Gasteiger charge is -2.25. The number of carbonyl (C=O) groups excluding carboxylic acids is 1. The first-order valence-electron chi connectivity index (χ1n) is 6.06. The quantitative estimate of drug-likeness (QED) is 0.740. The van der Waals surface area contributed by atoms with Crippen molar-refractivity contribution in [3.05, 3.63) is 11.9 Å². The van der Waals surface area contributed by atoms with E-state index in [0.29, 0.717) is 6.54 Å². The fourth-order valence-corrected chi connectivity index (χ4v) is 2.30. The zero-order valence-corrected chi connectivity index (χ0v) is 10.6. The van der Waals surface area contributed by atoms with Crippen LogP contribution in [-0.2, 0) is 11.3 Å². The van der Waals surface area contributed by atoms with E-state index < -0.39 is 5.97 Å². The van der Waals surface area contributed by atoms with E-state index >= 15 is 0 Å². The molecule has 0 aromatic carbocycles. The highest BCUT2D eigenvalue weighted by Crippen LogP contribution is 2.23. The van der Waals surface area contributed by atoms with Crippen molar-refractivity contribution >= 4 is 11.9 Å². The Morgan fingerprint density at radius 2 is 2.26 bits per heavy atom. The first-order valence-corrected chi connectivity index (χ1v) is 6.06. The summed E-state index contributed by atoms with van der Waals surface area (Å²) in [5, 5.41) is 25.0. The van der Waals surface area contributed by atoms with E-state index in [9.17, 15) is 14.7 Å². The van der Waals surface area contributed by atoms with Crippen molar-refractivity contribution < 1.29 is 19.8 Å². The number of nitrogens with zero attached hydrogens (tertiary/aromatic N) is 4. The molecule has 2 N–H and O–H groups in total. The molecule has 1 aliphatic rings. The van der Waals surface area contributed by atoms with Crippen LogP contribution in [-0.4, -0.2) is 61.2 Å². The van der Waals surface area contributed by atoms with Gasteiger partial charge in [0.25, 0.3) is 0 Å². The predicted molar refractivity (Wildman–Crippen MR) is 63.3 cm³/mol. The summed E-state index contributed by atoms with van der Waals surface area (Å²) in [6.07, 6.45) is 2.07. The van der Waals surface area contributed by atoms with Gasteiger partial charge in [-0.05, 0) is 12.3 Å². The Labute approximate surface area is 109 Å². The summed E-state index contributed by atoms with van der Waals surface area (Å²) < 4.78 is 1.20. The highest BCUT2D eigenvalue weighted by Gasteiger charge is 2.33. The summed E-state index contributed by atoms with van der Waals surface area (Å²) in [5.41, 5.74) is -0.193. The molecule has 2 unspecified atom stereocenters. The smallest absolute Gasteiger partial charge is 0.358 e. The third-order valence-corrected chi connectivity index (χ3v) is 3.44. The van der Waals surface area contributed by atoms with Crippen LogP contribution in [0.1, 0.15) is 23.8 Å². The van der Waals surface area contributed by atoms with Crippen LogP contribution < -0.4 is 0 Å². The molecule has 0 bridgehead atoms. The molecule has 0 radical (unpaired) electrons. The molecule has 0 aliphatic carbocycles. The molecular formula is C11H16N4O4. The Bertz CT molecular complexity index is 487. The fourth-order valence-electron chi connectivity index (χ4n) is 2.30. The van der Waals surface area contributed by atoms with Crippen LogP contribution in [0.25, 0.3) is 0 Å². The van der Waals surface area contributed by atoms with Gasteiger partial charge in [0.1, 0.15) is 6.54 Å². The van der Waals surface area contributed by atoms with Gasteiger partial charge in [0.05, 0.1) is 18.8 Å². The van der Waals surface area contributed by atoms with Gasteiger partial charge in [-0.2, -0.15) is 0 Å². The molecule has 104 valence electrons. The summed E-state index contributed by atoms with van der Waals surface area (Å²) in [7, 11) is 0. The van der Waals surface area contributed by atoms with E-state index in [1.54, 1.807) is 4.90 Å². The molecule has 1 aliphatic heterocycles. The second-order valence-electron chi connectivity index (χ2n) is 4.71. The van der Waals surface area contributed by atoms with Gasteiger partial charge < -0.3 is 15.1 Å². The standard InChI is InChI=1S/C11H16N4O4/c1-7-2-3-15(9(7)6-16)10(17)5-14-4-8(11(18)19)12-13-14/h4,7,9,16H,2-3,5-6H2,1H3,(H,18,19). The number of aromatic nitrogens is 3. The van der Waals surface area contributed by atoms with Gasteiger partial charge in [0, 0.05) is 6.54 Å². The summed E-state index contributed by atoms with van der Waals surface area (Å²) in [6, 6.07) is -0.171. The first kappa shape index (κ1) is 13.5. The lowest BCUT2D eigenvalue weighted by atomic mass is 10.0. The number of aliphatic hydroxyl groups is 1. The van der Waals surface area contributed by atoms with Crippen LogP contribution >= 0.6 is 0 Å². The van der Waals surface area contributed by atoms with Gasteiger partial charge in [0.15, 0.2) is 5.69 Å². The summed E-state index contributed by atoms with van der Waals surface area (Å²) >= 11 is 0. The van der Waals surface area contributed by atoms with Gasteiger partial charge in [-0.25, -0.2) is 9.48 Å². The lowest BCUT2D eigenvalue weighted by molar-refractivity contribution is -0.134. The van der Waals surface area contributed by atoms with Gasteiger partial charge >= 0.3 is 5.97 Å². The van der Waals surface area contributed by atoms with E-state index in [1.807, 2.05) is 6.92 Å². The summed E-state index contributed by atoms with van der Waals surface area (Å²) in [4.78, 5) is 24.4. The minimum atomic E-state index is -1.18. The fraction of sp³-hybridized carbons (Fsp3) is 0.636. The number of rotatable bonds is 4. The Morgan fingerprint density at radius 3 is 2.84 bits per heavy atom. The third-order valence-electron chi connectivity index (χ3n) is 3.44. The summed E-state index contributed by atoms with van der Waals surface area (Å²) in [5.74, 6) is -1.11. The topological polar surface area (TPSA) is 109 Å². The van der Waals surface area contributed by atoms with Crippen molar-refractivity contribution in [1.82, 2.24) is 19.9 Å². The molecule has 2 heterocycles. The average molecular weight is 268 g/mol. The number of carboxylic acid groups (broad SMARTS) is 1. The highest BCUT2D eigenvalue weighted by molar-refractivity contribution is 5.84. The van der Waals surface area contributed by atoms with E-state index in [0.717, 1.165) is 6.42 Å². The normalized spacial score (nSPS) is 22.7. The maximum atomic E-state index is 12.1. The molecule has 19 heavy (non-hydrogen) atoms. The van der Waals surface area contributed by atoms with Gasteiger partial charge in [-0.1, -0.05) is 12.1 Å². The zero-order chi connectivity index (χ0) is 14.0. The van der Waals surface area contributed by atoms with Gasteiger partial charge in [0.2, 0.25) is 5.91 Å². The van der Waals surface area contributed by atoms with Crippen molar-refractivity contribution in [1.29, 1.82) is 0 Å². The molecule has 0 spiro atoms. The maximum Gasteiger partial charge on any atom is 0.358 e. The number of carbonyl (C=O) groups is 2. The molecular weight excluding hydrogens is 252 g/mol. The molecule has 8 heteroatoms. The number of hydrogen-bond acceptors (Lipinski definition) is 5. The van der Waals surface area contributed by atoms with Crippen LogP contribution in [0.15, 0.2) is 6.20 Å². The first-order chi connectivity index (χ1) is 9.02. The second-order valence-corrected chi connectivity index (χ2v) is 4.71. The van der Waals surface area contributed by atoms with E-state index in [4.69, 9.17) is 5.11 Å². The van der Waals surface area contributed by atoms with Crippen LogP contribution in [0.3, 0.4) is 0 Å². The van der Waals surface area contributed by atoms with Crippen LogP contribution in [0.2, 0.25) is 0 Å². The van der Waals surface area contributed by atoms with Crippen molar-refractivity contribution in [2.24, 2.45) is 5.92 Å². The minimum absolute atomic E-state index is 0.0648. The Balaban J connectivity index is 2.02. The number of carboxylic acids is 1. The largest absolute Gasteiger partial charge is 0.476 e. The third kappa shape index (κ3) is 2.73. The Morgan fingerprint density at radius 1 is 1.53 bits per heavy atom. The average Bonchev–Trinajstić information content (AvgIpc) is 2.95. The van der Waals surface area contributed by atoms with Crippen molar-refractivity contribution in [2.45, 2.75) is 25.9 Å². The monoisotopic (exact) mass is 268 g/mol. The number of aromatic carboxylic acids is 1. The SMILES string of the molecule is CC1CCN(C(=O)Cn2cc(C(=O)O)nn2)C1CO.